The summed E-state index contributed by atoms with van der Waals surface area (Å²) < 4.78 is 0. The molecule has 0 fully saturated rings. The van der Waals surface area contributed by atoms with Crippen molar-refractivity contribution in [2.24, 2.45) is 5.73 Å². The van der Waals surface area contributed by atoms with E-state index in [1.54, 1.807) is 0 Å². The summed E-state index contributed by atoms with van der Waals surface area (Å²) >= 11 is 1.87. The monoisotopic (exact) mass is 254 g/mol. The topological polar surface area (TPSA) is 38.0 Å². The van der Waals surface area contributed by atoms with Crippen LogP contribution in [0.4, 0.5) is 0 Å². The molecule has 0 aliphatic heterocycles. The highest BCUT2D eigenvalue weighted by molar-refractivity contribution is 7.10. The van der Waals surface area contributed by atoms with Crippen molar-refractivity contribution < 1.29 is 0 Å². The second-order valence-electron chi connectivity index (χ2n) is 5.61. The Kier molecular flexibility index (Phi) is 5.63. The lowest BCUT2D eigenvalue weighted by atomic mass is 9.89. The van der Waals surface area contributed by atoms with E-state index in [0.29, 0.717) is 6.04 Å². The number of hydrogen-bond donors (Lipinski definition) is 2. The smallest absolute Gasteiger partial charge is 0.0143 e. The molecule has 1 aromatic rings. The maximum absolute atomic E-state index is 5.73. The molecule has 1 rings (SSSR count). The predicted molar refractivity (Wildman–Crippen MR) is 77.8 cm³/mol. The fraction of sp³-hybridized carbons (Fsp3) is 0.714. The summed E-state index contributed by atoms with van der Waals surface area (Å²) in [6.07, 6.45) is 2.27. The summed E-state index contributed by atoms with van der Waals surface area (Å²) in [5.74, 6) is 0. The zero-order valence-electron chi connectivity index (χ0n) is 11.5. The Morgan fingerprint density at radius 1 is 1.47 bits per heavy atom. The van der Waals surface area contributed by atoms with Crippen LogP contribution in [0.1, 0.15) is 44.1 Å². The molecule has 0 saturated carbocycles. The summed E-state index contributed by atoms with van der Waals surface area (Å²) in [5.41, 5.74) is 7.37. The molecule has 0 aliphatic rings. The molecular formula is C14H26N2S. The first-order valence-corrected chi connectivity index (χ1v) is 7.32. The van der Waals surface area contributed by atoms with E-state index in [1.165, 1.54) is 10.4 Å². The Morgan fingerprint density at radius 3 is 2.71 bits per heavy atom. The van der Waals surface area contributed by atoms with Crippen LogP contribution < -0.4 is 11.1 Å². The molecule has 1 unspecified atom stereocenters. The second-order valence-corrected chi connectivity index (χ2v) is 6.53. The van der Waals surface area contributed by atoms with Gasteiger partial charge in [-0.2, -0.15) is 0 Å². The van der Waals surface area contributed by atoms with Crippen molar-refractivity contribution in [1.82, 2.24) is 5.32 Å². The highest BCUT2D eigenvalue weighted by Crippen LogP contribution is 2.30. The van der Waals surface area contributed by atoms with E-state index in [1.807, 2.05) is 11.3 Å². The van der Waals surface area contributed by atoms with Gasteiger partial charge in [-0.1, -0.05) is 13.8 Å². The summed E-state index contributed by atoms with van der Waals surface area (Å²) in [5, 5.41) is 5.73. The summed E-state index contributed by atoms with van der Waals surface area (Å²) in [7, 11) is 0. The lowest BCUT2D eigenvalue weighted by Gasteiger charge is -2.25. The quantitative estimate of drug-likeness (QED) is 0.734. The van der Waals surface area contributed by atoms with Gasteiger partial charge in [-0.05, 0) is 50.2 Å². The Morgan fingerprint density at radius 2 is 2.18 bits per heavy atom. The Hall–Kier alpha value is -0.380. The molecule has 1 heterocycles. The average Bonchev–Trinajstić information content (AvgIpc) is 2.64. The summed E-state index contributed by atoms with van der Waals surface area (Å²) in [6.45, 7) is 11.0. The zero-order valence-corrected chi connectivity index (χ0v) is 12.4. The van der Waals surface area contributed by atoms with Gasteiger partial charge in [0.25, 0.3) is 0 Å². The number of aryl methyl sites for hydroxylation is 1. The van der Waals surface area contributed by atoms with Crippen LogP contribution in [0.2, 0.25) is 0 Å². The van der Waals surface area contributed by atoms with Gasteiger partial charge in [0, 0.05) is 22.9 Å². The fourth-order valence-corrected chi connectivity index (χ4v) is 3.15. The first-order chi connectivity index (χ1) is 7.93. The van der Waals surface area contributed by atoms with Gasteiger partial charge < -0.3 is 11.1 Å². The van der Waals surface area contributed by atoms with Crippen molar-refractivity contribution in [3.8, 4) is 0 Å². The second kappa shape index (κ2) is 6.53. The van der Waals surface area contributed by atoms with Crippen LogP contribution >= 0.6 is 11.3 Å². The molecule has 98 valence electrons. The highest BCUT2D eigenvalue weighted by atomic mass is 32.1. The van der Waals surface area contributed by atoms with Gasteiger partial charge in [0.1, 0.15) is 0 Å². The van der Waals surface area contributed by atoms with Crippen molar-refractivity contribution in [2.75, 3.05) is 13.1 Å². The molecule has 0 spiro atoms. The number of thiophene rings is 1. The third-order valence-electron chi connectivity index (χ3n) is 3.06. The Labute approximate surface area is 110 Å². The molecule has 3 heteroatoms. The Bertz CT molecular complexity index is 329. The first kappa shape index (κ1) is 14.7. The number of hydrogen-bond acceptors (Lipinski definition) is 3. The van der Waals surface area contributed by atoms with Crippen molar-refractivity contribution in [1.29, 1.82) is 0 Å². The number of nitrogens with one attached hydrogen (secondary N) is 1. The third-order valence-corrected chi connectivity index (χ3v) is 4.44. The van der Waals surface area contributed by atoms with Gasteiger partial charge in [0.15, 0.2) is 0 Å². The van der Waals surface area contributed by atoms with Gasteiger partial charge in [0.05, 0.1) is 0 Å². The van der Waals surface area contributed by atoms with Crippen molar-refractivity contribution in [3.05, 3.63) is 21.9 Å². The predicted octanol–water partition coefficient (Wildman–Crippen LogP) is 3.05. The largest absolute Gasteiger partial charge is 0.328 e. The van der Waals surface area contributed by atoms with E-state index < -0.39 is 0 Å². The lowest BCUT2D eigenvalue weighted by molar-refractivity contribution is 0.464. The van der Waals surface area contributed by atoms with Crippen LogP contribution in [0.25, 0.3) is 0 Å². The number of rotatable bonds is 7. The molecule has 1 aromatic heterocycles. The van der Waals surface area contributed by atoms with Gasteiger partial charge in [-0.25, -0.2) is 0 Å². The fourth-order valence-electron chi connectivity index (χ4n) is 2.10. The summed E-state index contributed by atoms with van der Waals surface area (Å²) in [4.78, 5) is 1.50. The lowest BCUT2D eigenvalue weighted by Crippen LogP contribution is -2.33. The van der Waals surface area contributed by atoms with Gasteiger partial charge in [0.2, 0.25) is 0 Å². The van der Waals surface area contributed by atoms with Gasteiger partial charge in [-0.3, -0.25) is 0 Å². The minimum atomic E-state index is 0.229. The zero-order chi connectivity index (χ0) is 12.9. The van der Waals surface area contributed by atoms with Crippen LogP contribution in [-0.4, -0.2) is 19.1 Å². The van der Waals surface area contributed by atoms with Crippen LogP contribution in [-0.2, 0) is 5.41 Å². The van der Waals surface area contributed by atoms with E-state index in [9.17, 15) is 0 Å². The van der Waals surface area contributed by atoms with E-state index in [2.05, 4.69) is 44.5 Å². The normalized spacial score (nSPS) is 13.9. The minimum Gasteiger partial charge on any atom is -0.328 e. The highest BCUT2D eigenvalue weighted by Gasteiger charge is 2.23. The molecule has 0 amide bonds. The maximum Gasteiger partial charge on any atom is 0.0143 e. The molecule has 17 heavy (non-hydrogen) atoms. The van der Waals surface area contributed by atoms with Gasteiger partial charge >= 0.3 is 0 Å². The van der Waals surface area contributed by atoms with Crippen LogP contribution in [0.3, 0.4) is 0 Å². The van der Waals surface area contributed by atoms with Crippen LogP contribution in [0, 0.1) is 6.92 Å². The van der Waals surface area contributed by atoms with Crippen molar-refractivity contribution >= 4 is 11.3 Å². The van der Waals surface area contributed by atoms with E-state index in [-0.39, 0.29) is 5.41 Å². The van der Waals surface area contributed by atoms with E-state index in [0.717, 1.165) is 25.9 Å². The molecule has 0 saturated heterocycles. The van der Waals surface area contributed by atoms with Crippen LogP contribution in [0.15, 0.2) is 11.4 Å². The molecule has 2 nitrogen and oxygen atoms in total. The molecule has 3 N–H and O–H groups in total. The Balaban J connectivity index is 2.33. The molecule has 0 radical (unpaired) electrons. The van der Waals surface area contributed by atoms with Crippen molar-refractivity contribution in [3.63, 3.8) is 0 Å². The standard InChI is InChI=1S/C14H26N2S/c1-11-7-9-17-13(11)14(3,4)10-16-8-5-6-12(2)15/h7,9,12,16H,5-6,8,10,15H2,1-4H3. The molecule has 1 atom stereocenters. The van der Waals surface area contributed by atoms with Crippen molar-refractivity contribution in [2.45, 2.75) is 52.0 Å². The first-order valence-electron chi connectivity index (χ1n) is 6.44. The SMILES string of the molecule is Cc1ccsc1C(C)(C)CNCCCC(C)N. The molecule has 0 bridgehead atoms. The summed E-state index contributed by atoms with van der Waals surface area (Å²) in [6, 6.07) is 2.53. The molecular weight excluding hydrogens is 228 g/mol. The van der Waals surface area contributed by atoms with E-state index in [4.69, 9.17) is 5.73 Å². The minimum absolute atomic E-state index is 0.229. The molecule has 0 aromatic carbocycles. The third kappa shape index (κ3) is 4.78. The average molecular weight is 254 g/mol. The van der Waals surface area contributed by atoms with E-state index >= 15 is 0 Å². The number of nitrogens with two attached hydrogens (primary N) is 1. The van der Waals surface area contributed by atoms with Crippen LogP contribution in [0.5, 0.6) is 0 Å². The maximum atomic E-state index is 5.73. The molecule has 0 aliphatic carbocycles. The van der Waals surface area contributed by atoms with Gasteiger partial charge in [-0.15, -0.1) is 11.3 Å².